The highest BCUT2D eigenvalue weighted by atomic mass is 15.3. The molecule has 0 atom stereocenters. The third-order valence-electron chi connectivity index (χ3n) is 7.95. The number of aromatic nitrogens is 1. The number of guanidine groups is 1. The van der Waals surface area contributed by atoms with Crippen molar-refractivity contribution < 1.29 is 0 Å². The summed E-state index contributed by atoms with van der Waals surface area (Å²) in [5.74, 6) is 1.71. The van der Waals surface area contributed by atoms with Crippen molar-refractivity contribution in [3.63, 3.8) is 0 Å². The first kappa shape index (κ1) is 42.6. The number of hydrogen-bond donors (Lipinski definition) is 2. The Kier molecular flexibility index (Phi) is 22.5. The quantitative estimate of drug-likeness (QED) is 0.140. The molecule has 0 spiro atoms. The van der Waals surface area contributed by atoms with Crippen LogP contribution in [0.5, 0.6) is 0 Å². The number of piperidine rings is 1. The normalized spacial score (nSPS) is 14.0. The van der Waals surface area contributed by atoms with Crippen molar-refractivity contribution in [2.75, 3.05) is 45.1 Å². The summed E-state index contributed by atoms with van der Waals surface area (Å²) >= 11 is 0. The molecule has 6 heteroatoms. The second-order valence-electron chi connectivity index (χ2n) is 12.8. The highest BCUT2D eigenvalue weighted by Gasteiger charge is 2.22. The predicted octanol–water partition coefficient (Wildman–Crippen LogP) is 9.50. The lowest BCUT2D eigenvalue weighted by Crippen LogP contribution is -2.42. The summed E-state index contributed by atoms with van der Waals surface area (Å²) in [6, 6.07) is 13.0. The van der Waals surface area contributed by atoms with Crippen molar-refractivity contribution in [2.24, 2.45) is 16.3 Å². The summed E-state index contributed by atoms with van der Waals surface area (Å²) in [7, 11) is 2.12. The molecule has 0 bridgehead atoms. The monoisotopic (exact) mass is 625 g/mol. The van der Waals surface area contributed by atoms with E-state index in [1.807, 2.05) is 41.5 Å². The van der Waals surface area contributed by atoms with Gasteiger partial charge in [0.05, 0.1) is 18.3 Å². The van der Waals surface area contributed by atoms with Crippen LogP contribution in [-0.2, 0) is 6.54 Å². The Labute approximate surface area is 279 Å². The minimum Gasteiger partial charge on any atom is -0.340 e. The third kappa shape index (κ3) is 17.2. The van der Waals surface area contributed by atoms with Crippen LogP contribution in [-0.4, -0.2) is 66.6 Å². The summed E-state index contributed by atoms with van der Waals surface area (Å²) in [5.41, 5.74) is 6.06. The molecule has 0 saturated carbocycles. The van der Waals surface area contributed by atoms with E-state index in [0.29, 0.717) is 11.5 Å². The molecule has 45 heavy (non-hydrogen) atoms. The number of anilines is 1. The van der Waals surface area contributed by atoms with E-state index in [1.165, 1.54) is 24.0 Å². The van der Waals surface area contributed by atoms with E-state index in [2.05, 4.69) is 112 Å². The Morgan fingerprint density at radius 1 is 0.956 bits per heavy atom. The fourth-order valence-corrected chi connectivity index (χ4v) is 5.08. The molecule has 3 rings (SSSR count). The molecule has 6 nitrogen and oxygen atoms in total. The lowest BCUT2D eigenvalue weighted by atomic mass is 9.85. The van der Waals surface area contributed by atoms with Gasteiger partial charge in [0.1, 0.15) is 0 Å². The fraction of sp³-hybridized carbons (Fsp3) is 0.692. The number of hydrogen-bond acceptors (Lipinski definition) is 4. The summed E-state index contributed by atoms with van der Waals surface area (Å²) in [6.07, 6.45) is 4.77. The topological polar surface area (TPSA) is 55.8 Å². The Balaban J connectivity index is 0.00000304. The first-order valence-electron chi connectivity index (χ1n) is 18.0. The smallest absolute Gasteiger partial charge is 0.198 e. The largest absolute Gasteiger partial charge is 0.340 e. The summed E-state index contributed by atoms with van der Waals surface area (Å²) in [5, 5.41) is 7.39. The molecule has 2 heterocycles. The van der Waals surface area contributed by atoms with Crippen LogP contribution < -0.4 is 10.6 Å². The Morgan fingerprint density at radius 2 is 1.58 bits per heavy atom. The van der Waals surface area contributed by atoms with E-state index in [4.69, 9.17) is 9.98 Å². The summed E-state index contributed by atoms with van der Waals surface area (Å²) in [4.78, 5) is 14.9. The van der Waals surface area contributed by atoms with Gasteiger partial charge in [0, 0.05) is 51.2 Å². The molecule has 1 aliphatic rings. The number of nitrogens with zero attached hydrogens (tertiary/aromatic N) is 4. The maximum Gasteiger partial charge on any atom is 0.198 e. The maximum absolute atomic E-state index is 5.28. The van der Waals surface area contributed by atoms with Crippen LogP contribution in [0.4, 0.5) is 5.69 Å². The standard InChI is InChI=1S/C33H54N6.3C2H6/c1-25(2)15-18-33(6,7)24-34-19-22-39-20-16-29(17-21-39)36-32(37-30-12-10-9-11-26(30)3)38(8)23-31-27(4)13-14-28(5)35-31;3*1-2/h9-14,25,29,34H,15-24H2,1-8H3,(H,36,37);3*1-2H3. The first-order valence-corrected chi connectivity index (χ1v) is 18.0. The van der Waals surface area contributed by atoms with Gasteiger partial charge in [0.25, 0.3) is 0 Å². The number of nitrogens with one attached hydrogen (secondary N) is 2. The molecule has 0 unspecified atom stereocenters. The van der Waals surface area contributed by atoms with E-state index in [-0.39, 0.29) is 0 Å². The van der Waals surface area contributed by atoms with E-state index < -0.39 is 0 Å². The van der Waals surface area contributed by atoms with E-state index in [9.17, 15) is 0 Å². The SMILES string of the molecule is CC.CC.CC.Cc1ccc(C)c(CN(C)C(=NC2CCN(CCNCC(C)(C)CCC(C)C)CC2)Nc2ccccc2C)n1. The highest BCUT2D eigenvalue weighted by Crippen LogP contribution is 2.24. The van der Waals surface area contributed by atoms with E-state index >= 15 is 0 Å². The van der Waals surface area contributed by atoms with Gasteiger partial charge in [0.15, 0.2) is 5.96 Å². The molecule has 1 aromatic heterocycles. The van der Waals surface area contributed by atoms with Gasteiger partial charge in [-0.2, -0.15) is 0 Å². The molecule has 1 saturated heterocycles. The van der Waals surface area contributed by atoms with Crippen molar-refractivity contribution >= 4 is 11.6 Å². The lowest BCUT2D eigenvalue weighted by Gasteiger charge is -2.32. The van der Waals surface area contributed by atoms with Crippen LogP contribution in [0.2, 0.25) is 0 Å². The van der Waals surface area contributed by atoms with Gasteiger partial charge in [-0.1, -0.05) is 99.9 Å². The highest BCUT2D eigenvalue weighted by molar-refractivity contribution is 5.94. The molecular formula is C39H72N6. The van der Waals surface area contributed by atoms with Crippen molar-refractivity contribution in [1.29, 1.82) is 0 Å². The van der Waals surface area contributed by atoms with Crippen LogP contribution in [0.1, 0.15) is 117 Å². The Morgan fingerprint density at radius 3 is 2.18 bits per heavy atom. The number of pyridine rings is 1. The number of aliphatic imine (C=N–C) groups is 1. The van der Waals surface area contributed by atoms with Gasteiger partial charge in [-0.25, -0.2) is 4.99 Å². The van der Waals surface area contributed by atoms with Gasteiger partial charge < -0.3 is 20.4 Å². The number of aryl methyl sites for hydroxylation is 3. The molecule has 1 fully saturated rings. The maximum atomic E-state index is 5.28. The van der Waals surface area contributed by atoms with Gasteiger partial charge in [-0.3, -0.25) is 4.98 Å². The average Bonchev–Trinajstić information content (AvgIpc) is 3.04. The van der Waals surface area contributed by atoms with Crippen molar-refractivity contribution in [2.45, 2.75) is 128 Å². The minimum absolute atomic E-state index is 0.324. The van der Waals surface area contributed by atoms with Gasteiger partial charge in [-0.15, -0.1) is 0 Å². The summed E-state index contributed by atoms with van der Waals surface area (Å²) in [6.45, 7) is 34.0. The van der Waals surface area contributed by atoms with Gasteiger partial charge in [-0.05, 0) is 74.6 Å². The number of likely N-dealkylation sites (tertiary alicyclic amines) is 1. The molecule has 1 aromatic carbocycles. The average molecular weight is 625 g/mol. The first-order chi connectivity index (χ1) is 21.5. The fourth-order valence-electron chi connectivity index (χ4n) is 5.08. The van der Waals surface area contributed by atoms with Crippen LogP contribution in [0.3, 0.4) is 0 Å². The van der Waals surface area contributed by atoms with E-state index in [0.717, 1.165) is 81.1 Å². The third-order valence-corrected chi connectivity index (χ3v) is 7.95. The molecule has 0 amide bonds. The second kappa shape index (κ2) is 23.8. The van der Waals surface area contributed by atoms with Crippen molar-refractivity contribution in [3.05, 3.63) is 58.9 Å². The summed E-state index contributed by atoms with van der Waals surface area (Å²) < 4.78 is 0. The van der Waals surface area contributed by atoms with Crippen LogP contribution >= 0.6 is 0 Å². The molecule has 2 aromatic rings. The molecule has 0 radical (unpaired) electrons. The zero-order valence-corrected chi connectivity index (χ0v) is 32.0. The molecule has 1 aliphatic heterocycles. The van der Waals surface area contributed by atoms with Gasteiger partial charge >= 0.3 is 0 Å². The zero-order chi connectivity index (χ0) is 34.4. The minimum atomic E-state index is 0.324. The van der Waals surface area contributed by atoms with Crippen LogP contribution in [0.25, 0.3) is 0 Å². The number of rotatable bonds is 12. The van der Waals surface area contributed by atoms with Crippen LogP contribution in [0.15, 0.2) is 41.4 Å². The Hall–Kier alpha value is -2.44. The second-order valence-corrected chi connectivity index (χ2v) is 12.8. The number of benzene rings is 1. The molecule has 0 aliphatic carbocycles. The molecule has 258 valence electrons. The zero-order valence-electron chi connectivity index (χ0n) is 32.0. The molecular weight excluding hydrogens is 552 g/mol. The van der Waals surface area contributed by atoms with Crippen LogP contribution in [0, 0.1) is 32.1 Å². The molecule has 2 N–H and O–H groups in total. The van der Waals surface area contributed by atoms with Crippen molar-refractivity contribution in [3.8, 4) is 0 Å². The lowest BCUT2D eigenvalue weighted by molar-refractivity contribution is 0.208. The predicted molar refractivity (Wildman–Crippen MR) is 202 cm³/mol. The number of para-hydroxylation sites is 1. The Bertz CT molecular complexity index is 1050. The van der Waals surface area contributed by atoms with Crippen molar-refractivity contribution in [1.82, 2.24) is 20.1 Å². The van der Waals surface area contributed by atoms with E-state index in [1.54, 1.807) is 0 Å². The van der Waals surface area contributed by atoms with Gasteiger partial charge in [0.2, 0.25) is 0 Å².